The molecule has 3 rings (SSSR count). The van der Waals surface area contributed by atoms with Gasteiger partial charge < -0.3 is 4.42 Å². The minimum absolute atomic E-state index is 0.192. The van der Waals surface area contributed by atoms with Crippen LogP contribution in [0.2, 0.25) is 0 Å². The summed E-state index contributed by atoms with van der Waals surface area (Å²) in [5, 5.41) is 0. The molecular weight excluding hydrogens is 198 g/mol. The molecule has 1 aliphatic carbocycles. The molecule has 0 unspecified atom stereocenters. The van der Waals surface area contributed by atoms with Gasteiger partial charge in [0.05, 0.1) is 12.1 Å². The van der Waals surface area contributed by atoms with Crippen molar-refractivity contribution in [3.8, 4) is 11.3 Å². The summed E-state index contributed by atoms with van der Waals surface area (Å²) in [7, 11) is 0. The topological polar surface area (TPSA) is 26.0 Å². The quantitative estimate of drug-likeness (QED) is 0.756. The van der Waals surface area contributed by atoms with E-state index in [1.54, 1.807) is 6.20 Å². The summed E-state index contributed by atoms with van der Waals surface area (Å²) >= 11 is 0. The number of rotatable bonds is 2. The smallest absolute Gasteiger partial charge is 0.205 e. The first kappa shape index (κ1) is 9.16. The van der Waals surface area contributed by atoms with Gasteiger partial charge in [-0.25, -0.2) is 4.98 Å². The van der Waals surface area contributed by atoms with Crippen LogP contribution in [0.25, 0.3) is 11.3 Å². The molecule has 0 saturated heterocycles. The number of hydrogen-bond donors (Lipinski definition) is 0. The van der Waals surface area contributed by atoms with Gasteiger partial charge in [-0.3, -0.25) is 0 Å². The normalized spacial score (nSPS) is 14.8. The number of nitrogens with zero attached hydrogens (tertiary/aromatic N) is 1. The summed E-state index contributed by atoms with van der Waals surface area (Å²) in [6.45, 7) is 0. The molecule has 0 amide bonds. The van der Waals surface area contributed by atoms with Crippen LogP contribution in [-0.2, 0) is 0 Å². The Kier molecular flexibility index (Phi) is 2.18. The van der Waals surface area contributed by atoms with Gasteiger partial charge in [0, 0.05) is 5.56 Å². The third kappa shape index (κ3) is 1.58. The maximum absolute atomic E-state index is 5.74. The van der Waals surface area contributed by atoms with E-state index >= 15 is 0 Å². The van der Waals surface area contributed by atoms with Crippen molar-refractivity contribution >= 4 is 0 Å². The monoisotopic (exact) mass is 209 g/mol. The van der Waals surface area contributed by atoms with Gasteiger partial charge in [-0.05, 0) is 0 Å². The molecule has 1 heterocycles. The molecule has 0 fully saturated rings. The third-order valence-corrected chi connectivity index (χ3v) is 2.62. The lowest BCUT2D eigenvalue weighted by Gasteiger charge is -1.98. The zero-order valence-electron chi connectivity index (χ0n) is 8.71. The second-order valence-electron chi connectivity index (χ2n) is 3.72. The molecule has 1 aromatic carbocycles. The molecule has 2 aromatic rings. The largest absolute Gasteiger partial charge is 0.440 e. The van der Waals surface area contributed by atoms with E-state index in [2.05, 4.69) is 17.1 Å². The molecule has 0 aliphatic heterocycles. The Morgan fingerprint density at radius 3 is 2.50 bits per heavy atom. The second-order valence-corrected chi connectivity index (χ2v) is 3.72. The lowest BCUT2D eigenvalue weighted by atomic mass is 10.2. The van der Waals surface area contributed by atoms with E-state index in [9.17, 15) is 0 Å². The maximum Gasteiger partial charge on any atom is 0.205 e. The summed E-state index contributed by atoms with van der Waals surface area (Å²) in [5.74, 6) is 1.77. The van der Waals surface area contributed by atoms with Crippen molar-refractivity contribution in [1.29, 1.82) is 0 Å². The van der Waals surface area contributed by atoms with Gasteiger partial charge in [0.25, 0.3) is 0 Å². The summed E-state index contributed by atoms with van der Waals surface area (Å²) in [5.41, 5.74) is 1.06. The molecular formula is C14H11NO. The number of benzene rings is 1. The standard InChI is InChI=1S/C14H11NO/c1-2-6-11(7-3-1)13-10-15-14(16-13)12-8-4-5-9-12/h1-10,12H. The fourth-order valence-electron chi connectivity index (χ4n) is 1.77. The van der Waals surface area contributed by atoms with Crippen molar-refractivity contribution in [2.75, 3.05) is 0 Å². The molecule has 0 saturated carbocycles. The van der Waals surface area contributed by atoms with E-state index in [1.165, 1.54) is 0 Å². The predicted molar refractivity (Wildman–Crippen MR) is 63.0 cm³/mol. The van der Waals surface area contributed by atoms with Gasteiger partial charge in [0.1, 0.15) is 0 Å². The van der Waals surface area contributed by atoms with Crippen LogP contribution in [0.5, 0.6) is 0 Å². The molecule has 78 valence electrons. The highest BCUT2D eigenvalue weighted by Crippen LogP contribution is 2.26. The molecule has 1 aromatic heterocycles. The molecule has 0 bridgehead atoms. The van der Waals surface area contributed by atoms with Crippen LogP contribution >= 0.6 is 0 Å². The van der Waals surface area contributed by atoms with E-state index in [-0.39, 0.29) is 5.92 Å². The number of hydrogen-bond acceptors (Lipinski definition) is 2. The maximum atomic E-state index is 5.74. The van der Waals surface area contributed by atoms with E-state index in [4.69, 9.17) is 4.42 Å². The molecule has 16 heavy (non-hydrogen) atoms. The van der Waals surface area contributed by atoms with Gasteiger partial charge >= 0.3 is 0 Å². The first-order valence-corrected chi connectivity index (χ1v) is 5.29. The van der Waals surface area contributed by atoms with E-state index in [0.29, 0.717) is 0 Å². The Balaban J connectivity index is 1.94. The Labute approximate surface area is 93.9 Å². The molecule has 0 spiro atoms. The van der Waals surface area contributed by atoms with Crippen LogP contribution in [0.4, 0.5) is 0 Å². The highest BCUT2D eigenvalue weighted by atomic mass is 16.4. The minimum atomic E-state index is 0.192. The third-order valence-electron chi connectivity index (χ3n) is 2.62. The zero-order chi connectivity index (χ0) is 10.8. The summed E-state index contributed by atoms with van der Waals surface area (Å²) in [4.78, 5) is 4.31. The SMILES string of the molecule is C1=CC(c2ncc(-c3ccccc3)o2)C=C1. The summed E-state index contributed by atoms with van der Waals surface area (Å²) in [6, 6.07) is 10.0. The van der Waals surface area contributed by atoms with Crippen LogP contribution in [0.15, 0.2) is 65.2 Å². The van der Waals surface area contributed by atoms with Gasteiger partial charge in [-0.1, -0.05) is 54.6 Å². The summed E-state index contributed by atoms with van der Waals surface area (Å²) in [6.07, 6.45) is 9.94. The van der Waals surface area contributed by atoms with Crippen LogP contribution in [0.3, 0.4) is 0 Å². The molecule has 2 heteroatoms. The zero-order valence-corrected chi connectivity index (χ0v) is 8.71. The van der Waals surface area contributed by atoms with Gasteiger partial charge in [-0.15, -0.1) is 0 Å². The van der Waals surface area contributed by atoms with Crippen LogP contribution in [0.1, 0.15) is 11.8 Å². The van der Waals surface area contributed by atoms with Crippen LogP contribution < -0.4 is 0 Å². The average molecular weight is 209 g/mol. The van der Waals surface area contributed by atoms with Gasteiger partial charge in [0.15, 0.2) is 5.76 Å². The highest BCUT2D eigenvalue weighted by Gasteiger charge is 2.14. The predicted octanol–water partition coefficient (Wildman–Crippen LogP) is 3.55. The number of oxazole rings is 1. The van der Waals surface area contributed by atoms with E-state index in [1.807, 2.05) is 42.5 Å². The van der Waals surface area contributed by atoms with Gasteiger partial charge in [-0.2, -0.15) is 0 Å². The fourth-order valence-corrected chi connectivity index (χ4v) is 1.77. The van der Waals surface area contributed by atoms with Crippen molar-refractivity contribution in [2.45, 2.75) is 5.92 Å². The van der Waals surface area contributed by atoms with Crippen LogP contribution in [0, 0.1) is 0 Å². The molecule has 0 atom stereocenters. The fraction of sp³-hybridized carbons (Fsp3) is 0.0714. The van der Waals surface area contributed by atoms with Crippen molar-refractivity contribution < 1.29 is 4.42 Å². The van der Waals surface area contributed by atoms with Gasteiger partial charge in [0.2, 0.25) is 5.89 Å². The molecule has 2 nitrogen and oxygen atoms in total. The van der Waals surface area contributed by atoms with Crippen molar-refractivity contribution in [1.82, 2.24) is 4.98 Å². The molecule has 0 N–H and O–H groups in total. The Bertz CT molecular complexity index is 525. The van der Waals surface area contributed by atoms with E-state index < -0.39 is 0 Å². The highest BCUT2D eigenvalue weighted by molar-refractivity contribution is 5.56. The Morgan fingerprint density at radius 1 is 1.00 bits per heavy atom. The summed E-state index contributed by atoms with van der Waals surface area (Å²) < 4.78 is 5.74. The first-order valence-electron chi connectivity index (χ1n) is 5.29. The Morgan fingerprint density at radius 2 is 1.75 bits per heavy atom. The lowest BCUT2D eigenvalue weighted by molar-refractivity contribution is 0.507. The lowest BCUT2D eigenvalue weighted by Crippen LogP contribution is -1.86. The molecule has 1 aliphatic rings. The van der Waals surface area contributed by atoms with Crippen molar-refractivity contribution in [2.24, 2.45) is 0 Å². The number of aromatic nitrogens is 1. The first-order chi connectivity index (χ1) is 7.93. The van der Waals surface area contributed by atoms with Crippen LogP contribution in [-0.4, -0.2) is 4.98 Å². The molecule has 0 radical (unpaired) electrons. The van der Waals surface area contributed by atoms with E-state index in [0.717, 1.165) is 17.2 Å². The van der Waals surface area contributed by atoms with Crippen molar-refractivity contribution in [3.05, 3.63) is 66.7 Å². The Hall–Kier alpha value is -2.09. The second kappa shape index (κ2) is 3.81. The minimum Gasteiger partial charge on any atom is -0.440 e. The average Bonchev–Trinajstić information content (AvgIpc) is 3.01. The number of allylic oxidation sites excluding steroid dienone is 4. The van der Waals surface area contributed by atoms with Crippen molar-refractivity contribution in [3.63, 3.8) is 0 Å².